The Hall–Kier alpha value is -1.79. The quantitative estimate of drug-likeness (QED) is 0.392. The number of hydrogen-bond donors (Lipinski definition) is 0. The van der Waals surface area contributed by atoms with Gasteiger partial charge < -0.3 is 4.74 Å². The van der Waals surface area contributed by atoms with E-state index in [1.54, 1.807) is 0 Å². The minimum absolute atomic E-state index is 0.244. The van der Waals surface area contributed by atoms with E-state index < -0.39 is 0 Å². The standard InChI is InChI=1S/C20H25BrO.CHN/c1-3-17-12-9-10-13-18(15-17)22-20-16(2)11-7-5-4-6-8-14-19(20)21;1-2/h3-5,7-8,11,14,18H,2,6,9-10,12-13,15H2,1H3;1H/b5-4-,11-7-,14-8-,17-3+,20-19-;. The third kappa shape index (κ3) is 6.76. The van der Waals surface area contributed by atoms with Crippen molar-refractivity contribution >= 4 is 15.9 Å². The molecule has 2 aliphatic carbocycles. The van der Waals surface area contributed by atoms with Crippen LogP contribution in [0.1, 0.15) is 45.4 Å². The number of hydrogen-bond acceptors (Lipinski definition) is 2. The molecule has 0 bridgehead atoms. The Bertz CT molecular complexity index is 590. The first-order chi connectivity index (χ1) is 11.7. The third-order valence-corrected chi connectivity index (χ3v) is 4.67. The second kappa shape index (κ2) is 11.7. The summed E-state index contributed by atoms with van der Waals surface area (Å²) in [6.45, 7) is 9.80. The van der Waals surface area contributed by atoms with Crippen LogP contribution in [0.2, 0.25) is 0 Å². The molecular weight excluding hydrogens is 362 g/mol. The number of ether oxygens (including phenoxy) is 1. The first-order valence-electron chi connectivity index (χ1n) is 8.36. The highest BCUT2D eigenvalue weighted by Gasteiger charge is 2.19. The molecule has 1 atom stereocenters. The molecule has 1 unspecified atom stereocenters. The van der Waals surface area contributed by atoms with Crippen LogP contribution in [0.15, 0.2) is 70.5 Å². The molecule has 0 heterocycles. The fraction of sp³-hybridized carbons (Fsp3) is 0.381. The molecule has 1 fully saturated rings. The number of allylic oxidation sites excluding steroid dienone is 8. The summed E-state index contributed by atoms with van der Waals surface area (Å²) in [6.07, 6.45) is 21.7. The Morgan fingerprint density at radius 3 is 2.79 bits per heavy atom. The molecule has 2 nitrogen and oxygen atoms in total. The second-order valence-electron chi connectivity index (χ2n) is 5.76. The minimum Gasteiger partial charge on any atom is -0.488 e. The van der Waals surface area contributed by atoms with Gasteiger partial charge in [-0.15, -0.1) is 0 Å². The molecule has 0 N–H and O–H groups in total. The van der Waals surface area contributed by atoms with Crippen LogP contribution in [0, 0.1) is 11.8 Å². The summed E-state index contributed by atoms with van der Waals surface area (Å²) < 4.78 is 7.34. The molecule has 2 aliphatic rings. The highest BCUT2D eigenvalue weighted by Crippen LogP contribution is 2.30. The van der Waals surface area contributed by atoms with Gasteiger partial charge in [0.05, 0.1) is 4.48 Å². The molecule has 0 spiro atoms. The van der Waals surface area contributed by atoms with E-state index in [2.05, 4.69) is 66.4 Å². The van der Waals surface area contributed by atoms with Crippen molar-refractivity contribution in [3.8, 4) is 6.57 Å². The van der Waals surface area contributed by atoms with Gasteiger partial charge in [0.15, 0.2) is 0 Å². The van der Waals surface area contributed by atoms with Crippen molar-refractivity contribution in [2.75, 3.05) is 0 Å². The van der Waals surface area contributed by atoms with Gasteiger partial charge in [0.2, 0.25) is 0 Å². The molecule has 24 heavy (non-hydrogen) atoms. The topological polar surface area (TPSA) is 33.0 Å². The molecule has 2 rings (SSSR count). The predicted octanol–water partition coefficient (Wildman–Crippen LogP) is 6.66. The first-order valence-corrected chi connectivity index (χ1v) is 9.15. The summed E-state index contributed by atoms with van der Waals surface area (Å²) in [4.78, 5) is 0. The Morgan fingerprint density at radius 1 is 1.25 bits per heavy atom. The van der Waals surface area contributed by atoms with Crippen LogP contribution < -0.4 is 0 Å². The summed E-state index contributed by atoms with van der Waals surface area (Å²) in [5, 5.41) is 6.50. The van der Waals surface area contributed by atoms with Gasteiger partial charge in [-0.2, -0.15) is 0 Å². The van der Waals surface area contributed by atoms with Gasteiger partial charge in [-0.3, -0.25) is 0 Å². The molecule has 3 heteroatoms. The summed E-state index contributed by atoms with van der Waals surface area (Å²) in [5.74, 6) is 0.866. The van der Waals surface area contributed by atoms with Crippen LogP contribution in [0.25, 0.3) is 0 Å². The Labute approximate surface area is 154 Å². The summed E-state index contributed by atoms with van der Waals surface area (Å²) in [7, 11) is 0. The van der Waals surface area contributed by atoms with E-state index in [-0.39, 0.29) is 6.10 Å². The van der Waals surface area contributed by atoms with E-state index in [9.17, 15) is 0 Å². The molecule has 0 aromatic heterocycles. The molecule has 0 aliphatic heterocycles. The van der Waals surface area contributed by atoms with Crippen LogP contribution >= 0.6 is 15.9 Å². The van der Waals surface area contributed by atoms with E-state index in [0.29, 0.717) is 0 Å². The Kier molecular flexibility index (Phi) is 9.88. The van der Waals surface area contributed by atoms with Gasteiger partial charge in [-0.25, -0.2) is 5.26 Å². The van der Waals surface area contributed by atoms with Crippen molar-refractivity contribution in [3.63, 3.8) is 0 Å². The highest BCUT2D eigenvalue weighted by atomic mass is 79.9. The Morgan fingerprint density at radius 2 is 2.04 bits per heavy atom. The number of nitrogens with zero attached hydrogens (tertiary/aromatic N) is 1. The molecule has 0 saturated heterocycles. The van der Waals surface area contributed by atoms with Crippen molar-refractivity contribution in [3.05, 3.63) is 70.5 Å². The van der Waals surface area contributed by atoms with E-state index in [1.165, 1.54) is 24.8 Å². The van der Waals surface area contributed by atoms with Crippen LogP contribution in [0.3, 0.4) is 0 Å². The van der Waals surface area contributed by atoms with Crippen LogP contribution in [-0.4, -0.2) is 6.10 Å². The van der Waals surface area contributed by atoms with Crippen molar-refractivity contribution < 1.29 is 4.74 Å². The van der Waals surface area contributed by atoms with Gasteiger partial charge >= 0.3 is 0 Å². The van der Waals surface area contributed by atoms with Gasteiger partial charge in [0, 0.05) is 18.6 Å². The van der Waals surface area contributed by atoms with Gasteiger partial charge in [-0.05, 0) is 61.0 Å². The average Bonchev–Trinajstić information content (AvgIpc) is 2.84. The lowest BCUT2D eigenvalue weighted by Crippen LogP contribution is -2.13. The summed E-state index contributed by atoms with van der Waals surface area (Å²) >= 11 is 3.65. The lowest BCUT2D eigenvalue weighted by atomic mass is 10.1. The number of rotatable bonds is 2. The molecular formula is C21H26BrNO. The molecule has 0 amide bonds. The lowest BCUT2D eigenvalue weighted by Gasteiger charge is -2.21. The zero-order valence-corrected chi connectivity index (χ0v) is 16.0. The molecule has 0 aromatic carbocycles. The fourth-order valence-corrected chi connectivity index (χ4v) is 3.30. The zero-order chi connectivity index (χ0) is 17.8. The minimum atomic E-state index is 0.244. The normalized spacial score (nSPS) is 30.4. The van der Waals surface area contributed by atoms with Gasteiger partial charge in [0.25, 0.3) is 0 Å². The summed E-state index contributed by atoms with van der Waals surface area (Å²) in [5.41, 5.74) is 2.42. The number of halogens is 1. The SMILES string of the molecule is C#N.C=C1/C=C\C=C/C/C=C\C(Br)=C/1OC1CCCC/C(=C\C)C1. The maximum atomic E-state index is 6.50. The van der Waals surface area contributed by atoms with Crippen LogP contribution in [0.5, 0.6) is 0 Å². The van der Waals surface area contributed by atoms with Crippen molar-refractivity contribution in [2.45, 2.75) is 51.6 Å². The van der Waals surface area contributed by atoms with Crippen LogP contribution in [-0.2, 0) is 4.74 Å². The molecule has 128 valence electrons. The largest absolute Gasteiger partial charge is 0.488 e. The maximum absolute atomic E-state index is 6.50. The van der Waals surface area contributed by atoms with E-state index >= 15 is 0 Å². The van der Waals surface area contributed by atoms with E-state index in [4.69, 9.17) is 10.00 Å². The molecule has 0 radical (unpaired) electrons. The van der Waals surface area contributed by atoms with Gasteiger partial charge in [-0.1, -0.05) is 48.6 Å². The van der Waals surface area contributed by atoms with Crippen molar-refractivity contribution in [1.82, 2.24) is 0 Å². The predicted molar refractivity (Wildman–Crippen MR) is 106 cm³/mol. The summed E-state index contributed by atoms with van der Waals surface area (Å²) in [6, 6.07) is 0. The number of nitriles is 1. The second-order valence-corrected chi connectivity index (χ2v) is 6.62. The maximum Gasteiger partial charge on any atom is 0.140 e. The van der Waals surface area contributed by atoms with Crippen LogP contribution in [0.4, 0.5) is 0 Å². The van der Waals surface area contributed by atoms with Gasteiger partial charge in [0.1, 0.15) is 11.9 Å². The average molecular weight is 388 g/mol. The van der Waals surface area contributed by atoms with Crippen molar-refractivity contribution in [1.29, 1.82) is 5.26 Å². The smallest absolute Gasteiger partial charge is 0.140 e. The monoisotopic (exact) mass is 387 g/mol. The van der Waals surface area contributed by atoms with Crippen molar-refractivity contribution in [2.24, 2.45) is 0 Å². The third-order valence-electron chi connectivity index (χ3n) is 4.05. The zero-order valence-electron chi connectivity index (χ0n) is 14.4. The first kappa shape index (κ1) is 20.3. The molecule has 0 aromatic rings. The van der Waals surface area contributed by atoms with E-state index in [1.807, 2.05) is 12.2 Å². The lowest BCUT2D eigenvalue weighted by molar-refractivity contribution is 0.116. The fourth-order valence-electron chi connectivity index (χ4n) is 2.77. The highest BCUT2D eigenvalue weighted by molar-refractivity contribution is 9.11. The molecule has 1 saturated carbocycles. The Balaban J connectivity index is 0.00000139. The van der Waals surface area contributed by atoms with E-state index in [0.717, 1.165) is 35.1 Å².